The van der Waals surface area contributed by atoms with Crippen molar-refractivity contribution in [3.63, 3.8) is 0 Å². The third-order valence-electron chi connectivity index (χ3n) is 3.53. The van der Waals surface area contributed by atoms with Gasteiger partial charge < -0.3 is 15.4 Å². The number of nitrogens with zero attached hydrogens (tertiary/aromatic N) is 2. The molecular formula is C19H28N4OS. The van der Waals surface area contributed by atoms with Crippen LogP contribution in [0.4, 0.5) is 0 Å². The van der Waals surface area contributed by atoms with Crippen LogP contribution in [0.25, 0.3) is 0 Å². The second-order valence-electron chi connectivity index (χ2n) is 6.10. The smallest absolute Gasteiger partial charge is 0.191 e. The van der Waals surface area contributed by atoms with Crippen LogP contribution in [0, 0.1) is 6.92 Å². The minimum absolute atomic E-state index is 0.204. The minimum Gasteiger partial charge on any atom is -0.491 e. The summed E-state index contributed by atoms with van der Waals surface area (Å²) in [5.41, 5.74) is 1.28. The summed E-state index contributed by atoms with van der Waals surface area (Å²) in [6.07, 6.45) is 3.98. The highest BCUT2D eigenvalue weighted by atomic mass is 32.1. The van der Waals surface area contributed by atoms with Gasteiger partial charge in [-0.3, -0.25) is 4.99 Å². The Morgan fingerprint density at radius 2 is 1.84 bits per heavy atom. The van der Waals surface area contributed by atoms with E-state index in [1.165, 1.54) is 10.4 Å². The van der Waals surface area contributed by atoms with E-state index in [1.807, 2.05) is 32.2 Å². The monoisotopic (exact) mass is 360 g/mol. The quantitative estimate of drug-likeness (QED) is 0.561. The average molecular weight is 361 g/mol. The van der Waals surface area contributed by atoms with E-state index < -0.39 is 0 Å². The van der Waals surface area contributed by atoms with Gasteiger partial charge in [-0.25, -0.2) is 4.98 Å². The van der Waals surface area contributed by atoms with Gasteiger partial charge in [0, 0.05) is 37.6 Å². The number of guanidine groups is 1. The number of rotatable bonds is 8. The fourth-order valence-corrected chi connectivity index (χ4v) is 3.14. The van der Waals surface area contributed by atoms with Crippen LogP contribution >= 0.6 is 11.3 Å². The first-order chi connectivity index (χ1) is 12.1. The molecule has 0 fully saturated rings. The maximum absolute atomic E-state index is 5.66. The molecule has 0 aliphatic carbocycles. The summed E-state index contributed by atoms with van der Waals surface area (Å²) >= 11 is 1.75. The largest absolute Gasteiger partial charge is 0.491 e. The first kappa shape index (κ1) is 19.2. The maximum Gasteiger partial charge on any atom is 0.191 e. The van der Waals surface area contributed by atoms with Crippen molar-refractivity contribution in [1.29, 1.82) is 0 Å². The molecule has 1 aromatic carbocycles. The lowest BCUT2D eigenvalue weighted by Crippen LogP contribution is -2.39. The van der Waals surface area contributed by atoms with Crippen molar-refractivity contribution in [2.24, 2.45) is 4.99 Å². The summed E-state index contributed by atoms with van der Waals surface area (Å²) in [6, 6.07) is 8.28. The Labute approximate surface area is 154 Å². The van der Waals surface area contributed by atoms with E-state index >= 15 is 0 Å². The van der Waals surface area contributed by atoms with E-state index in [1.54, 1.807) is 18.4 Å². The summed E-state index contributed by atoms with van der Waals surface area (Å²) in [4.78, 5) is 9.89. The molecule has 0 aliphatic heterocycles. The van der Waals surface area contributed by atoms with E-state index in [-0.39, 0.29) is 6.10 Å². The second-order valence-corrected chi connectivity index (χ2v) is 7.42. The van der Waals surface area contributed by atoms with Crippen LogP contribution in [0.15, 0.2) is 35.5 Å². The van der Waals surface area contributed by atoms with Crippen molar-refractivity contribution >= 4 is 17.3 Å². The molecule has 0 saturated carbocycles. The topological polar surface area (TPSA) is 58.5 Å². The second kappa shape index (κ2) is 10.0. The Morgan fingerprint density at radius 3 is 2.40 bits per heavy atom. The number of nitrogens with one attached hydrogen (secondary N) is 2. The Hall–Kier alpha value is -2.08. The van der Waals surface area contributed by atoms with Gasteiger partial charge in [-0.1, -0.05) is 12.1 Å². The molecule has 0 bridgehead atoms. The number of aromatic nitrogens is 1. The van der Waals surface area contributed by atoms with E-state index in [0.717, 1.165) is 42.6 Å². The number of ether oxygens (including phenoxy) is 1. The van der Waals surface area contributed by atoms with Crippen LogP contribution in [0.2, 0.25) is 0 Å². The van der Waals surface area contributed by atoms with Gasteiger partial charge in [0.05, 0.1) is 11.1 Å². The zero-order valence-electron chi connectivity index (χ0n) is 15.5. The Bertz CT molecular complexity index is 664. The average Bonchev–Trinajstić information content (AvgIpc) is 3.00. The zero-order chi connectivity index (χ0) is 18.1. The van der Waals surface area contributed by atoms with E-state index in [2.05, 4.69) is 39.7 Å². The highest BCUT2D eigenvalue weighted by Gasteiger charge is 2.02. The van der Waals surface area contributed by atoms with E-state index in [9.17, 15) is 0 Å². The molecule has 0 unspecified atom stereocenters. The molecule has 0 atom stereocenters. The third-order valence-corrected chi connectivity index (χ3v) is 4.50. The lowest BCUT2D eigenvalue weighted by Gasteiger charge is -2.12. The number of aliphatic imine (C=N–C) groups is 1. The molecule has 5 nitrogen and oxygen atoms in total. The molecular weight excluding hydrogens is 332 g/mol. The molecule has 6 heteroatoms. The molecule has 0 spiro atoms. The van der Waals surface area contributed by atoms with Gasteiger partial charge in [0.15, 0.2) is 5.96 Å². The zero-order valence-corrected chi connectivity index (χ0v) is 16.3. The van der Waals surface area contributed by atoms with Gasteiger partial charge >= 0.3 is 0 Å². The molecule has 136 valence electrons. The number of hydrogen-bond donors (Lipinski definition) is 2. The highest BCUT2D eigenvalue weighted by Crippen LogP contribution is 2.14. The molecule has 25 heavy (non-hydrogen) atoms. The Kier molecular flexibility index (Phi) is 7.73. The van der Waals surface area contributed by atoms with Gasteiger partial charge in [-0.15, -0.1) is 11.3 Å². The molecule has 0 radical (unpaired) electrons. The van der Waals surface area contributed by atoms with Crippen molar-refractivity contribution in [3.05, 3.63) is 45.9 Å². The van der Waals surface area contributed by atoms with Crippen LogP contribution in [0.3, 0.4) is 0 Å². The van der Waals surface area contributed by atoms with E-state index in [4.69, 9.17) is 4.74 Å². The molecule has 1 aromatic heterocycles. The fraction of sp³-hybridized carbons (Fsp3) is 0.474. The summed E-state index contributed by atoms with van der Waals surface area (Å²) in [7, 11) is 1.79. The van der Waals surface area contributed by atoms with Gasteiger partial charge in [-0.05, 0) is 44.9 Å². The van der Waals surface area contributed by atoms with Crippen LogP contribution in [-0.2, 0) is 12.8 Å². The van der Waals surface area contributed by atoms with Crippen molar-refractivity contribution in [1.82, 2.24) is 15.6 Å². The van der Waals surface area contributed by atoms with Crippen molar-refractivity contribution < 1.29 is 4.74 Å². The fourth-order valence-electron chi connectivity index (χ4n) is 2.36. The van der Waals surface area contributed by atoms with Crippen molar-refractivity contribution in [3.8, 4) is 5.75 Å². The Morgan fingerprint density at radius 1 is 1.16 bits per heavy atom. The summed E-state index contributed by atoms with van der Waals surface area (Å²) < 4.78 is 5.66. The van der Waals surface area contributed by atoms with Crippen molar-refractivity contribution in [2.75, 3.05) is 20.1 Å². The first-order valence-corrected chi connectivity index (χ1v) is 9.50. The number of thiazole rings is 1. The molecule has 1 heterocycles. The predicted molar refractivity (Wildman–Crippen MR) is 106 cm³/mol. The minimum atomic E-state index is 0.204. The van der Waals surface area contributed by atoms with Gasteiger partial charge in [0.25, 0.3) is 0 Å². The molecule has 2 rings (SSSR count). The van der Waals surface area contributed by atoms with Gasteiger partial charge in [-0.2, -0.15) is 0 Å². The van der Waals surface area contributed by atoms with Gasteiger partial charge in [0.2, 0.25) is 0 Å². The Balaban J connectivity index is 1.68. The SMILES string of the molecule is CN=C(NCCc1ccc(OC(C)C)cc1)NCCc1ncc(C)s1. The standard InChI is InChI=1S/C19H28N4OS/c1-14(2)24-17-7-5-16(6-8-17)9-11-21-19(20-4)22-12-10-18-23-13-15(3)25-18/h5-8,13-14H,9-12H2,1-4H3,(H2,20,21,22). The summed E-state index contributed by atoms with van der Waals surface area (Å²) in [5.74, 6) is 1.75. The van der Waals surface area contributed by atoms with Crippen LogP contribution in [0.1, 0.15) is 29.3 Å². The van der Waals surface area contributed by atoms with Crippen molar-refractivity contribution in [2.45, 2.75) is 39.7 Å². The number of hydrogen-bond acceptors (Lipinski definition) is 4. The molecule has 0 amide bonds. The molecule has 0 aliphatic rings. The summed E-state index contributed by atoms with van der Waals surface area (Å²) in [6.45, 7) is 7.81. The van der Waals surface area contributed by atoms with Crippen LogP contribution < -0.4 is 15.4 Å². The highest BCUT2D eigenvalue weighted by molar-refractivity contribution is 7.11. The molecule has 0 saturated heterocycles. The molecule has 2 N–H and O–H groups in total. The number of aryl methyl sites for hydroxylation is 1. The number of benzene rings is 1. The first-order valence-electron chi connectivity index (χ1n) is 8.68. The van der Waals surface area contributed by atoms with Crippen LogP contribution in [-0.4, -0.2) is 37.2 Å². The molecule has 2 aromatic rings. The lowest BCUT2D eigenvalue weighted by atomic mass is 10.1. The summed E-state index contributed by atoms with van der Waals surface area (Å²) in [5, 5.41) is 7.83. The maximum atomic E-state index is 5.66. The third kappa shape index (κ3) is 7.13. The predicted octanol–water partition coefficient (Wildman–Crippen LogP) is 3.19. The van der Waals surface area contributed by atoms with E-state index in [0.29, 0.717) is 0 Å². The van der Waals surface area contributed by atoms with Crippen LogP contribution in [0.5, 0.6) is 5.75 Å². The van der Waals surface area contributed by atoms with Gasteiger partial charge in [0.1, 0.15) is 5.75 Å². The normalized spacial score (nSPS) is 11.6. The lowest BCUT2D eigenvalue weighted by molar-refractivity contribution is 0.242.